The van der Waals surface area contributed by atoms with Crippen molar-refractivity contribution < 1.29 is 9.53 Å². The second-order valence-electron chi connectivity index (χ2n) is 6.85. The third-order valence-electron chi connectivity index (χ3n) is 5.04. The van der Waals surface area contributed by atoms with E-state index in [2.05, 4.69) is 15.6 Å². The molecule has 2 aromatic rings. The summed E-state index contributed by atoms with van der Waals surface area (Å²) in [6.45, 7) is 4.13. The molecule has 1 aromatic carbocycles. The summed E-state index contributed by atoms with van der Waals surface area (Å²) < 4.78 is 5.09. The molecule has 0 aliphatic heterocycles. The Labute approximate surface area is 165 Å². The van der Waals surface area contributed by atoms with Crippen LogP contribution in [0.15, 0.2) is 42.7 Å². The number of esters is 1. The number of rotatable bonds is 5. The Hall–Kier alpha value is -2.47. The second-order valence-corrected chi connectivity index (χ2v) is 7.26. The standard InChI is InChI=1S/C21H25N3O2S/c1-3-26-19(25)16-7-6-15(2)18(14-16)23-20(27)24-21(10-4-5-11-21)17-8-12-22-13-9-17/h6-9,12-14H,3-5,10-11H2,1-2H3,(H2,23,24,27). The first kappa shape index (κ1) is 19.3. The monoisotopic (exact) mass is 383 g/mol. The number of aromatic nitrogens is 1. The molecule has 0 spiro atoms. The van der Waals surface area contributed by atoms with Crippen LogP contribution in [-0.2, 0) is 10.3 Å². The highest BCUT2D eigenvalue weighted by Gasteiger charge is 2.36. The third-order valence-corrected chi connectivity index (χ3v) is 5.24. The summed E-state index contributed by atoms with van der Waals surface area (Å²) >= 11 is 5.61. The highest BCUT2D eigenvalue weighted by Crippen LogP contribution is 2.38. The summed E-state index contributed by atoms with van der Waals surface area (Å²) in [4.78, 5) is 16.1. The number of hydrogen-bond donors (Lipinski definition) is 2. The van der Waals surface area contributed by atoms with Gasteiger partial charge in [0, 0.05) is 18.1 Å². The number of carbonyl (C=O) groups excluding carboxylic acids is 1. The molecule has 0 bridgehead atoms. The van der Waals surface area contributed by atoms with Gasteiger partial charge in [-0.1, -0.05) is 18.9 Å². The zero-order valence-electron chi connectivity index (χ0n) is 15.7. The molecule has 1 fully saturated rings. The maximum atomic E-state index is 12.0. The lowest BCUT2D eigenvalue weighted by molar-refractivity contribution is 0.0526. The molecular weight excluding hydrogens is 358 g/mol. The van der Waals surface area contributed by atoms with Gasteiger partial charge in [-0.05, 0) is 74.3 Å². The number of thiocarbonyl (C=S) groups is 1. The molecule has 1 saturated carbocycles. The first-order chi connectivity index (χ1) is 13.0. The van der Waals surface area contributed by atoms with Gasteiger partial charge in [0.2, 0.25) is 0 Å². The van der Waals surface area contributed by atoms with Crippen LogP contribution in [-0.4, -0.2) is 22.7 Å². The first-order valence-corrected chi connectivity index (χ1v) is 9.72. The minimum Gasteiger partial charge on any atom is -0.462 e. The molecule has 6 heteroatoms. The number of nitrogens with zero attached hydrogens (tertiary/aromatic N) is 1. The van der Waals surface area contributed by atoms with E-state index in [-0.39, 0.29) is 11.5 Å². The average Bonchev–Trinajstić information content (AvgIpc) is 3.14. The van der Waals surface area contributed by atoms with Gasteiger partial charge >= 0.3 is 5.97 Å². The van der Waals surface area contributed by atoms with E-state index < -0.39 is 0 Å². The van der Waals surface area contributed by atoms with E-state index in [1.165, 1.54) is 5.56 Å². The number of ether oxygens (including phenoxy) is 1. The molecule has 1 heterocycles. The first-order valence-electron chi connectivity index (χ1n) is 9.31. The number of benzene rings is 1. The Kier molecular flexibility index (Phi) is 6.06. The number of carbonyl (C=O) groups is 1. The fourth-order valence-corrected chi connectivity index (χ4v) is 3.91. The Morgan fingerprint density at radius 3 is 2.59 bits per heavy atom. The van der Waals surface area contributed by atoms with E-state index in [9.17, 15) is 4.79 Å². The normalized spacial score (nSPS) is 15.2. The van der Waals surface area contributed by atoms with E-state index >= 15 is 0 Å². The maximum Gasteiger partial charge on any atom is 0.338 e. The molecule has 142 valence electrons. The Bertz CT molecular complexity index is 817. The maximum absolute atomic E-state index is 12.0. The molecule has 1 aliphatic rings. The molecule has 0 radical (unpaired) electrons. The molecule has 5 nitrogen and oxygen atoms in total. The van der Waals surface area contributed by atoms with Gasteiger partial charge in [-0.2, -0.15) is 0 Å². The molecule has 0 saturated heterocycles. The average molecular weight is 384 g/mol. The van der Waals surface area contributed by atoms with Crippen LogP contribution in [0.1, 0.15) is 54.1 Å². The van der Waals surface area contributed by atoms with Crippen LogP contribution < -0.4 is 10.6 Å². The minimum atomic E-state index is -0.330. The van der Waals surface area contributed by atoms with Crippen molar-refractivity contribution in [1.82, 2.24) is 10.3 Å². The number of anilines is 1. The van der Waals surface area contributed by atoms with Crippen LogP contribution in [0.2, 0.25) is 0 Å². The molecular formula is C21H25N3O2S. The largest absolute Gasteiger partial charge is 0.462 e. The van der Waals surface area contributed by atoms with E-state index in [0.717, 1.165) is 36.9 Å². The predicted molar refractivity (Wildman–Crippen MR) is 111 cm³/mol. The van der Waals surface area contributed by atoms with Gasteiger partial charge in [-0.25, -0.2) is 4.79 Å². The molecule has 1 aliphatic carbocycles. The third kappa shape index (κ3) is 4.45. The quantitative estimate of drug-likeness (QED) is 0.592. The summed E-state index contributed by atoms with van der Waals surface area (Å²) in [7, 11) is 0. The van der Waals surface area contributed by atoms with E-state index in [0.29, 0.717) is 17.3 Å². The van der Waals surface area contributed by atoms with Crippen molar-refractivity contribution in [2.24, 2.45) is 0 Å². The van der Waals surface area contributed by atoms with Crippen molar-refractivity contribution in [2.45, 2.75) is 45.1 Å². The lowest BCUT2D eigenvalue weighted by atomic mass is 9.89. The SMILES string of the molecule is CCOC(=O)c1ccc(C)c(NC(=S)NC2(c3ccncc3)CCCC2)c1. The van der Waals surface area contributed by atoms with Crippen LogP contribution in [0.3, 0.4) is 0 Å². The zero-order valence-corrected chi connectivity index (χ0v) is 16.6. The number of aryl methyl sites for hydroxylation is 1. The number of hydrogen-bond acceptors (Lipinski definition) is 4. The van der Waals surface area contributed by atoms with Gasteiger partial charge in [0.1, 0.15) is 0 Å². The summed E-state index contributed by atoms with van der Waals surface area (Å²) in [5.74, 6) is -0.330. The Morgan fingerprint density at radius 2 is 1.93 bits per heavy atom. The highest BCUT2D eigenvalue weighted by molar-refractivity contribution is 7.80. The Morgan fingerprint density at radius 1 is 1.22 bits per heavy atom. The second kappa shape index (κ2) is 8.48. The fourth-order valence-electron chi connectivity index (χ4n) is 3.60. The zero-order chi connectivity index (χ0) is 19.3. The van der Waals surface area contributed by atoms with Crippen molar-refractivity contribution in [3.8, 4) is 0 Å². The summed E-state index contributed by atoms with van der Waals surface area (Å²) in [5.41, 5.74) is 3.37. The fraction of sp³-hybridized carbons (Fsp3) is 0.381. The van der Waals surface area contributed by atoms with Gasteiger partial charge in [0.25, 0.3) is 0 Å². The summed E-state index contributed by atoms with van der Waals surface area (Å²) in [6.07, 6.45) is 8.02. The van der Waals surface area contributed by atoms with Crippen LogP contribution in [0, 0.1) is 6.92 Å². The smallest absolute Gasteiger partial charge is 0.338 e. The minimum absolute atomic E-state index is 0.167. The molecule has 27 heavy (non-hydrogen) atoms. The highest BCUT2D eigenvalue weighted by atomic mass is 32.1. The number of pyridine rings is 1. The predicted octanol–water partition coefficient (Wildman–Crippen LogP) is 4.32. The van der Waals surface area contributed by atoms with Crippen molar-refractivity contribution in [2.75, 3.05) is 11.9 Å². The van der Waals surface area contributed by atoms with Crippen LogP contribution >= 0.6 is 12.2 Å². The lowest BCUT2D eigenvalue weighted by Crippen LogP contribution is -2.45. The topological polar surface area (TPSA) is 63.2 Å². The van der Waals surface area contributed by atoms with Crippen LogP contribution in [0.4, 0.5) is 5.69 Å². The Balaban J connectivity index is 1.77. The van der Waals surface area contributed by atoms with Gasteiger partial charge in [-0.3, -0.25) is 4.98 Å². The number of nitrogens with one attached hydrogen (secondary N) is 2. The van der Waals surface area contributed by atoms with Gasteiger partial charge < -0.3 is 15.4 Å². The molecule has 0 atom stereocenters. The van der Waals surface area contributed by atoms with Gasteiger partial charge in [0.15, 0.2) is 5.11 Å². The van der Waals surface area contributed by atoms with Crippen molar-refractivity contribution >= 4 is 29.0 Å². The lowest BCUT2D eigenvalue weighted by Gasteiger charge is -2.32. The molecule has 2 N–H and O–H groups in total. The van der Waals surface area contributed by atoms with Crippen molar-refractivity contribution in [3.05, 3.63) is 59.4 Å². The molecule has 1 aromatic heterocycles. The molecule has 3 rings (SSSR count). The van der Waals surface area contributed by atoms with Gasteiger partial charge in [0.05, 0.1) is 17.7 Å². The van der Waals surface area contributed by atoms with Crippen LogP contribution in [0.5, 0.6) is 0 Å². The van der Waals surface area contributed by atoms with E-state index in [1.54, 1.807) is 19.1 Å². The van der Waals surface area contributed by atoms with Crippen molar-refractivity contribution in [3.63, 3.8) is 0 Å². The summed E-state index contributed by atoms with van der Waals surface area (Å²) in [5, 5.41) is 7.35. The van der Waals surface area contributed by atoms with E-state index in [4.69, 9.17) is 17.0 Å². The van der Waals surface area contributed by atoms with Crippen molar-refractivity contribution in [1.29, 1.82) is 0 Å². The summed E-state index contributed by atoms with van der Waals surface area (Å²) in [6, 6.07) is 9.55. The van der Waals surface area contributed by atoms with Crippen LogP contribution in [0.25, 0.3) is 0 Å². The molecule has 0 amide bonds. The molecule has 0 unspecified atom stereocenters. The van der Waals surface area contributed by atoms with Gasteiger partial charge in [-0.15, -0.1) is 0 Å². The van der Waals surface area contributed by atoms with E-state index in [1.807, 2.05) is 37.5 Å².